The Kier molecular flexibility index (Phi) is 2.22. The van der Waals surface area contributed by atoms with Crippen molar-refractivity contribution in [1.29, 1.82) is 0 Å². The first-order valence-corrected chi connectivity index (χ1v) is 5.28. The van der Waals surface area contributed by atoms with Crippen molar-refractivity contribution in [2.45, 2.75) is 13.0 Å². The van der Waals surface area contributed by atoms with E-state index in [9.17, 15) is 4.39 Å². The number of fused-ring (bicyclic) bond motifs is 1. The third-order valence-electron chi connectivity index (χ3n) is 2.82. The SMILES string of the molecule is Fc1ccc(-c2noc3c2CNCC3)cc1. The zero-order valence-electron chi connectivity index (χ0n) is 8.66. The molecule has 2 aromatic rings. The van der Waals surface area contributed by atoms with Crippen molar-refractivity contribution in [2.24, 2.45) is 0 Å². The second-order valence-corrected chi connectivity index (χ2v) is 3.87. The second-order valence-electron chi connectivity index (χ2n) is 3.87. The lowest BCUT2D eigenvalue weighted by Crippen LogP contribution is -2.22. The fourth-order valence-corrected chi connectivity index (χ4v) is 1.97. The molecule has 1 aromatic carbocycles. The highest BCUT2D eigenvalue weighted by molar-refractivity contribution is 5.63. The van der Waals surface area contributed by atoms with E-state index in [4.69, 9.17) is 4.52 Å². The first-order valence-electron chi connectivity index (χ1n) is 5.28. The third-order valence-corrected chi connectivity index (χ3v) is 2.82. The van der Waals surface area contributed by atoms with Gasteiger partial charge in [0.15, 0.2) is 0 Å². The summed E-state index contributed by atoms with van der Waals surface area (Å²) in [5.74, 6) is 0.706. The molecule has 3 nitrogen and oxygen atoms in total. The van der Waals surface area contributed by atoms with Gasteiger partial charge in [-0.25, -0.2) is 4.39 Å². The van der Waals surface area contributed by atoms with E-state index in [1.807, 2.05) is 0 Å². The van der Waals surface area contributed by atoms with Crippen molar-refractivity contribution < 1.29 is 8.91 Å². The van der Waals surface area contributed by atoms with Crippen LogP contribution in [-0.4, -0.2) is 11.7 Å². The largest absolute Gasteiger partial charge is 0.360 e. The molecule has 2 heterocycles. The summed E-state index contributed by atoms with van der Waals surface area (Å²) in [6, 6.07) is 6.32. The molecule has 1 aliphatic rings. The van der Waals surface area contributed by atoms with Crippen molar-refractivity contribution in [2.75, 3.05) is 6.54 Å². The fourth-order valence-electron chi connectivity index (χ4n) is 1.97. The molecule has 0 saturated carbocycles. The average molecular weight is 218 g/mol. The Morgan fingerprint density at radius 1 is 1.25 bits per heavy atom. The van der Waals surface area contributed by atoms with Crippen LogP contribution in [0.5, 0.6) is 0 Å². The lowest BCUT2D eigenvalue weighted by molar-refractivity contribution is 0.374. The van der Waals surface area contributed by atoms with Crippen LogP contribution in [0.3, 0.4) is 0 Å². The maximum absolute atomic E-state index is 12.8. The van der Waals surface area contributed by atoms with E-state index < -0.39 is 0 Å². The zero-order valence-corrected chi connectivity index (χ0v) is 8.66. The number of nitrogens with zero attached hydrogens (tertiary/aromatic N) is 1. The molecule has 0 atom stereocenters. The molecule has 4 heteroatoms. The molecule has 16 heavy (non-hydrogen) atoms. The number of rotatable bonds is 1. The first-order chi connectivity index (χ1) is 7.84. The Labute approximate surface area is 92.3 Å². The molecule has 0 saturated heterocycles. The van der Waals surface area contributed by atoms with Gasteiger partial charge in [-0.1, -0.05) is 5.16 Å². The molecule has 0 unspecified atom stereocenters. The highest BCUT2D eigenvalue weighted by Gasteiger charge is 2.19. The summed E-state index contributed by atoms with van der Waals surface area (Å²) >= 11 is 0. The maximum atomic E-state index is 12.8. The molecule has 0 fully saturated rings. The number of halogens is 1. The summed E-state index contributed by atoms with van der Waals surface area (Å²) in [5, 5.41) is 7.33. The van der Waals surface area contributed by atoms with Crippen molar-refractivity contribution in [1.82, 2.24) is 10.5 Å². The Morgan fingerprint density at radius 2 is 2.06 bits per heavy atom. The molecule has 0 bridgehead atoms. The van der Waals surface area contributed by atoms with E-state index in [1.165, 1.54) is 12.1 Å². The van der Waals surface area contributed by atoms with Gasteiger partial charge in [-0.15, -0.1) is 0 Å². The van der Waals surface area contributed by atoms with Gasteiger partial charge in [0.1, 0.15) is 17.3 Å². The van der Waals surface area contributed by atoms with E-state index in [2.05, 4.69) is 10.5 Å². The zero-order chi connectivity index (χ0) is 11.0. The van der Waals surface area contributed by atoms with Crippen molar-refractivity contribution in [3.05, 3.63) is 41.4 Å². The highest BCUT2D eigenvalue weighted by Crippen LogP contribution is 2.27. The van der Waals surface area contributed by atoms with Crippen LogP contribution in [-0.2, 0) is 13.0 Å². The molecular weight excluding hydrogens is 207 g/mol. The van der Waals surface area contributed by atoms with Gasteiger partial charge < -0.3 is 9.84 Å². The molecule has 0 spiro atoms. The van der Waals surface area contributed by atoms with E-state index in [0.717, 1.165) is 42.1 Å². The minimum absolute atomic E-state index is 0.237. The van der Waals surface area contributed by atoms with E-state index in [1.54, 1.807) is 12.1 Å². The first kappa shape index (κ1) is 9.54. The Morgan fingerprint density at radius 3 is 2.88 bits per heavy atom. The Hall–Kier alpha value is -1.68. The molecule has 82 valence electrons. The monoisotopic (exact) mass is 218 g/mol. The topological polar surface area (TPSA) is 38.1 Å². The highest BCUT2D eigenvalue weighted by atomic mass is 19.1. The minimum atomic E-state index is -0.237. The van der Waals surface area contributed by atoms with Crippen molar-refractivity contribution in [3.63, 3.8) is 0 Å². The molecule has 1 aromatic heterocycles. The van der Waals surface area contributed by atoms with Crippen molar-refractivity contribution >= 4 is 0 Å². The number of benzene rings is 1. The van der Waals surface area contributed by atoms with E-state index in [0.29, 0.717) is 0 Å². The molecule has 0 radical (unpaired) electrons. The molecule has 1 N–H and O–H groups in total. The van der Waals surface area contributed by atoms with Gasteiger partial charge in [0.2, 0.25) is 0 Å². The smallest absolute Gasteiger partial charge is 0.143 e. The lowest BCUT2D eigenvalue weighted by atomic mass is 10.0. The lowest BCUT2D eigenvalue weighted by Gasteiger charge is -2.10. The van der Waals surface area contributed by atoms with Crippen LogP contribution in [0.4, 0.5) is 4.39 Å². The van der Waals surface area contributed by atoms with E-state index >= 15 is 0 Å². The van der Waals surface area contributed by atoms with Gasteiger partial charge in [0, 0.05) is 30.6 Å². The number of nitrogens with one attached hydrogen (secondary N) is 1. The maximum Gasteiger partial charge on any atom is 0.143 e. The molecule has 0 aliphatic carbocycles. The molecule has 3 rings (SSSR count). The third kappa shape index (κ3) is 1.51. The summed E-state index contributed by atoms with van der Waals surface area (Å²) in [6.07, 6.45) is 0.865. The average Bonchev–Trinajstić information content (AvgIpc) is 2.74. The normalized spacial score (nSPS) is 14.8. The van der Waals surface area contributed by atoms with Crippen molar-refractivity contribution in [3.8, 4) is 11.3 Å². The standard InChI is InChI=1S/C12H11FN2O/c13-9-3-1-8(2-4-9)12-10-7-14-6-5-11(10)16-15-12/h1-4,14H,5-7H2. The molecule has 1 aliphatic heterocycles. The van der Waals surface area contributed by atoms with Gasteiger partial charge in [-0.3, -0.25) is 0 Å². The van der Waals surface area contributed by atoms with Gasteiger partial charge in [-0.2, -0.15) is 0 Å². The fraction of sp³-hybridized carbons (Fsp3) is 0.250. The van der Waals surface area contributed by atoms with Crippen LogP contribution in [0, 0.1) is 5.82 Å². The molecule has 0 amide bonds. The number of hydrogen-bond donors (Lipinski definition) is 1. The summed E-state index contributed by atoms with van der Waals surface area (Å²) in [6.45, 7) is 1.69. The number of hydrogen-bond acceptors (Lipinski definition) is 3. The van der Waals surface area contributed by atoms with Crippen LogP contribution in [0.25, 0.3) is 11.3 Å². The summed E-state index contributed by atoms with van der Waals surface area (Å²) in [7, 11) is 0. The quantitative estimate of drug-likeness (QED) is 0.796. The summed E-state index contributed by atoms with van der Waals surface area (Å²) in [5.41, 5.74) is 2.81. The van der Waals surface area contributed by atoms with Gasteiger partial charge in [-0.05, 0) is 24.3 Å². The second kappa shape index (κ2) is 3.72. The predicted octanol–water partition coefficient (Wildman–Crippen LogP) is 2.13. The van der Waals surface area contributed by atoms with Crippen LogP contribution in [0.1, 0.15) is 11.3 Å². The minimum Gasteiger partial charge on any atom is -0.360 e. The van der Waals surface area contributed by atoms with Crippen LogP contribution in [0.15, 0.2) is 28.8 Å². The number of aromatic nitrogens is 1. The van der Waals surface area contributed by atoms with E-state index in [-0.39, 0.29) is 5.82 Å². The van der Waals surface area contributed by atoms with Crippen LogP contribution < -0.4 is 5.32 Å². The van der Waals surface area contributed by atoms with Gasteiger partial charge >= 0.3 is 0 Å². The van der Waals surface area contributed by atoms with Crippen LogP contribution >= 0.6 is 0 Å². The predicted molar refractivity (Wildman–Crippen MR) is 57.3 cm³/mol. The van der Waals surface area contributed by atoms with Gasteiger partial charge in [0.25, 0.3) is 0 Å². The summed E-state index contributed by atoms with van der Waals surface area (Å²) < 4.78 is 18.1. The molecular formula is C12H11FN2O. The van der Waals surface area contributed by atoms with Crippen LogP contribution in [0.2, 0.25) is 0 Å². The van der Waals surface area contributed by atoms with Gasteiger partial charge in [0.05, 0.1) is 0 Å². The Bertz CT molecular complexity index is 504. The summed E-state index contributed by atoms with van der Waals surface area (Å²) in [4.78, 5) is 0. The Balaban J connectivity index is 2.06.